The molecule has 0 saturated heterocycles. The number of carbonyl (C=O) groups is 1. The summed E-state index contributed by atoms with van der Waals surface area (Å²) in [7, 11) is 3.51. The summed E-state index contributed by atoms with van der Waals surface area (Å²) in [4.78, 5) is 21.4. The van der Waals surface area contributed by atoms with E-state index >= 15 is 0 Å². The predicted molar refractivity (Wildman–Crippen MR) is 67.7 cm³/mol. The highest BCUT2D eigenvalue weighted by Crippen LogP contribution is 2.16. The van der Waals surface area contributed by atoms with Crippen LogP contribution in [0.1, 0.15) is 12.5 Å². The number of rotatable bonds is 4. The van der Waals surface area contributed by atoms with E-state index in [1.807, 2.05) is 25.8 Å². The molecule has 1 heterocycles. The molecule has 0 bridgehead atoms. The number of aromatic nitrogens is 2. The van der Waals surface area contributed by atoms with Crippen LogP contribution < -0.4 is 16.0 Å². The number of hydrogen-bond donors (Lipinski definition) is 2. The number of hydrogen-bond acceptors (Lipinski definition) is 5. The van der Waals surface area contributed by atoms with Gasteiger partial charge in [-0.25, -0.2) is 4.98 Å². The van der Waals surface area contributed by atoms with Crippen LogP contribution in [0.2, 0.25) is 0 Å². The van der Waals surface area contributed by atoms with Crippen molar-refractivity contribution in [2.75, 3.05) is 31.3 Å². The third kappa shape index (κ3) is 3.30. The molecule has 94 valence electrons. The number of nitrogens with one attached hydrogen (secondary N) is 1. The maximum absolute atomic E-state index is 11.4. The van der Waals surface area contributed by atoms with Crippen molar-refractivity contribution in [3.8, 4) is 0 Å². The Kier molecular flexibility index (Phi) is 4.25. The monoisotopic (exact) mass is 237 g/mol. The number of aryl methyl sites for hydroxylation is 1. The number of nitrogen functional groups attached to an aromatic ring is 1. The molecule has 1 amide bonds. The second-order valence-corrected chi connectivity index (χ2v) is 4.13. The van der Waals surface area contributed by atoms with Crippen LogP contribution in [0, 0.1) is 12.8 Å². The van der Waals surface area contributed by atoms with Crippen molar-refractivity contribution in [1.29, 1.82) is 0 Å². The third-order valence-corrected chi connectivity index (χ3v) is 2.57. The van der Waals surface area contributed by atoms with Crippen LogP contribution in [-0.4, -0.2) is 36.5 Å². The average molecular weight is 237 g/mol. The Morgan fingerprint density at radius 2 is 2.29 bits per heavy atom. The Labute approximate surface area is 101 Å². The van der Waals surface area contributed by atoms with Gasteiger partial charge < -0.3 is 16.0 Å². The van der Waals surface area contributed by atoms with E-state index in [4.69, 9.17) is 5.73 Å². The van der Waals surface area contributed by atoms with Gasteiger partial charge in [-0.3, -0.25) is 4.79 Å². The van der Waals surface area contributed by atoms with Crippen molar-refractivity contribution >= 4 is 17.7 Å². The molecule has 1 atom stereocenters. The van der Waals surface area contributed by atoms with E-state index in [1.165, 1.54) is 0 Å². The molecule has 1 aromatic heterocycles. The van der Waals surface area contributed by atoms with Crippen molar-refractivity contribution in [3.05, 3.63) is 11.8 Å². The smallest absolute Gasteiger partial charge is 0.224 e. The van der Waals surface area contributed by atoms with E-state index in [9.17, 15) is 4.79 Å². The third-order valence-electron chi connectivity index (χ3n) is 2.57. The summed E-state index contributed by atoms with van der Waals surface area (Å²) in [6.07, 6.45) is 1.68. The minimum atomic E-state index is -0.111. The van der Waals surface area contributed by atoms with Gasteiger partial charge in [0.25, 0.3) is 0 Å². The molecule has 0 radical (unpaired) electrons. The largest absolute Gasteiger partial charge is 0.368 e. The van der Waals surface area contributed by atoms with Gasteiger partial charge >= 0.3 is 0 Å². The molecule has 1 rings (SSSR count). The zero-order valence-corrected chi connectivity index (χ0v) is 10.7. The maximum atomic E-state index is 11.4. The lowest BCUT2D eigenvalue weighted by atomic mass is 10.1. The molecule has 0 fully saturated rings. The van der Waals surface area contributed by atoms with Crippen molar-refractivity contribution in [2.24, 2.45) is 5.92 Å². The van der Waals surface area contributed by atoms with Gasteiger partial charge in [0.15, 0.2) is 0 Å². The number of nitrogens with zero attached hydrogens (tertiary/aromatic N) is 3. The molecular weight excluding hydrogens is 218 g/mol. The molecular formula is C11H19N5O. The minimum absolute atomic E-state index is 0.0107. The Morgan fingerprint density at radius 1 is 1.65 bits per heavy atom. The minimum Gasteiger partial charge on any atom is -0.368 e. The maximum Gasteiger partial charge on any atom is 0.224 e. The fraction of sp³-hybridized carbons (Fsp3) is 0.545. The standard InChI is InChI=1S/C11H19N5O/c1-7-5-14-11(12)15-9(7)16(4)6-8(2)10(17)13-3/h5,8H,6H2,1-4H3,(H,13,17)(H2,12,14,15). The van der Waals surface area contributed by atoms with Gasteiger partial charge in [0, 0.05) is 32.4 Å². The van der Waals surface area contributed by atoms with E-state index in [2.05, 4.69) is 15.3 Å². The van der Waals surface area contributed by atoms with E-state index in [1.54, 1.807) is 13.2 Å². The lowest BCUT2D eigenvalue weighted by Gasteiger charge is -2.23. The second kappa shape index (κ2) is 5.47. The quantitative estimate of drug-likeness (QED) is 0.780. The second-order valence-electron chi connectivity index (χ2n) is 4.13. The molecule has 6 heteroatoms. The lowest BCUT2D eigenvalue weighted by Crippen LogP contribution is -2.35. The van der Waals surface area contributed by atoms with Crippen LogP contribution in [0.25, 0.3) is 0 Å². The zero-order valence-electron chi connectivity index (χ0n) is 10.7. The highest BCUT2D eigenvalue weighted by Gasteiger charge is 2.16. The van der Waals surface area contributed by atoms with Crippen LogP contribution in [-0.2, 0) is 4.79 Å². The number of anilines is 2. The van der Waals surface area contributed by atoms with Gasteiger partial charge in [-0.05, 0) is 6.92 Å². The lowest BCUT2D eigenvalue weighted by molar-refractivity contribution is -0.123. The summed E-state index contributed by atoms with van der Waals surface area (Å²) in [6, 6.07) is 0. The van der Waals surface area contributed by atoms with Crippen molar-refractivity contribution < 1.29 is 4.79 Å². The molecule has 0 aliphatic carbocycles. The summed E-state index contributed by atoms with van der Waals surface area (Å²) in [5, 5.41) is 2.62. The van der Waals surface area contributed by atoms with Gasteiger partial charge in [-0.1, -0.05) is 6.92 Å². The molecule has 1 unspecified atom stereocenters. The van der Waals surface area contributed by atoms with Crippen LogP contribution in [0.3, 0.4) is 0 Å². The molecule has 0 spiro atoms. The molecule has 17 heavy (non-hydrogen) atoms. The molecule has 0 aliphatic heterocycles. The SMILES string of the molecule is CNC(=O)C(C)CN(C)c1nc(N)ncc1C. The van der Waals surface area contributed by atoms with Crippen LogP contribution in [0.15, 0.2) is 6.20 Å². The van der Waals surface area contributed by atoms with Gasteiger partial charge in [0.05, 0.1) is 5.92 Å². The summed E-state index contributed by atoms with van der Waals surface area (Å²) >= 11 is 0. The van der Waals surface area contributed by atoms with Gasteiger partial charge in [0.1, 0.15) is 5.82 Å². The number of carbonyl (C=O) groups excluding carboxylic acids is 1. The molecule has 1 aromatic rings. The first-order valence-corrected chi connectivity index (χ1v) is 5.47. The van der Waals surface area contributed by atoms with Gasteiger partial charge in [0.2, 0.25) is 11.9 Å². The topological polar surface area (TPSA) is 84.1 Å². The summed E-state index contributed by atoms with van der Waals surface area (Å²) < 4.78 is 0. The highest BCUT2D eigenvalue weighted by atomic mass is 16.1. The molecule has 0 aromatic carbocycles. The van der Waals surface area contributed by atoms with Gasteiger partial charge in [-0.2, -0.15) is 4.98 Å². The first kappa shape index (κ1) is 13.2. The fourth-order valence-corrected chi connectivity index (χ4v) is 1.66. The van der Waals surface area contributed by atoms with Crippen molar-refractivity contribution in [1.82, 2.24) is 15.3 Å². The predicted octanol–water partition coefficient (Wildman–Crippen LogP) is 0.186. The van der Waals surface area contributed by atoms with E-state index in [0.29, 0.717) is 6.54 Å². The molecule has 0 aliphatic rings. The van der Waals surface area contributed by atoms with Crippen LogP contribution in [0.5, 0.6) is 0 Å². The Morgan fingerprint density at radius 3 is 2.88 bits per heavy atom. The molecule has 6 nitrogen and oxygen atoms in total. The van der Waals surface area contributed by atoms with Crippen molar-refractivity contribution in [3.63, 3.8) is 0 Å². The first-order valence-electron chi connectivity index (χ1n) is 5.47. The Hall–Kier alpha value is -1.85. The normalized spacial score (nSPS) is 12.0. The first-order chi connectivity index (χ1) is 7.95. The summed E-state index contributed by atoms with van der Waals surface area (Å²) in [5.41, 5.74) is 6.49. The summed E-state index contributed by atoms with van der Waals surface area (Å²) in [6.45, 7) is 4.36. The zero-order chi connectivity index (χ0) is 13.0. The molecule has 3 N–H and O–H groups in total. The Balaban J connectivity index is 2.79. The Bertz CT molecular complexity index is 407. The molecule has 0 saturated carbocycles. The van der Waals surface area contributed by atoms with Crippen LogP contribution >= 0.6 is 0 Å². The van der Waals surface area contributed by atoms with Gasteiger partial charge in [-0.15, -0.1) is 0 Å². The fourth-order valence-electron chi connectivity index (χ4n) is 1.66. The van der Waals surface area contributed by atoms with E-state index in [-0.39, 0.29) is 17.8 Å². The van der Waals surface area contributed by atoms with E-state index < -0.39 is 0 Å². The summed E-state index contributed by atoms with van der Waals surface area (Å²) in [5.74, 6) is 0.899. The highest BCUT2D eigenvalue weighted by molar-refractivity contribution is 5.78. The average Bonchev–Trinajstić information content (AvgIpc) is 2.30. The van der Waals surface area contributed by atoms with E-state index in [0.717, 1.165) is 11.4 Å². The van der Waals surface area contributed by atoms with Crippen LogP contribution in [0.4, 0.5) is 11.8 Å². The number of amides is 1. The van der Waals surface area contributed by atoms with Crippen molar-refractivity contribution in [2.45, 2.75) is 13.8 Å². The number of nitrogens with two attached hydrogens (primary N) is 1.